The molecule has 3 aliphatic heterocycles. The molecular weight excluding hydrogens is 859 g/mol. The Hall–Kier alpha value is -3.37. The summed E-state index contributed by atoms with van der Waals surface area (Å²) in [6, 6.07) is -1.11. The van der Waals surface area contributed by atoms with Gasteiger partial charge < -0.3 is 43.5 Å². The number of ketones is 3. The third-order valence-corrected chi connectivity index (χ3v) is 15.7. The highest BCUT2D eigenvalue weighted by Crippen LogP contribution is 2.43. The van der Waals surface area contributed by atoms with Crippen molar-refractivity contribution < 1.29 is 62.6 Å². The minimum Gasteiger partial charge on any atom is -0.460 e. The molecule has 0 radical (unpaired) electrons. The van der Waals surface area contributed by atoms with Gasteiger partial charge in [-0.1, -0.05) is 76.1 Å². The molecule has 5 aliphatic rings. The predicted molar refractivity (Wildman–Crippen MR) is 252 cm³/mol. The number of hydrogen-bond acceptors (Lipinski definition) is 13. The Balaban J connectivity index is 1.48. The van der Waals surface area contributed by atoms with Crippen molar-refractivity contribution in [2.24, 2.45) is 41.4 Å². The van der Waals surface area contributed by atoms with E-state index in [0.29, 0.717) is 51.4 Å². The van der Waals surface area contributed by atoms with E-state index >= 15 is 0 Å². The molecule has 0 spiro atoms. The van der Waals surface area contributed by atoms with Crippen molar-refractivity contribution in [2.45, 2.75) is 174 Å². The van der Waals surface area contributed by atoms with Gasteiger partial charge in [-0.2, -0.15) is 0 Å². The van der Waals surface area contributed by atoms with Crippen LogP contribution in [0.5, 0.6) is 0 Å². The van der Waals surface area contributed by atoms with Gasteiger partial charge in [0.2, 0.25) is 5.79 Å². The minimum atomic E-state index is -2.42. The number of carbonyl (C=O) groups excluding carboxylic acids is 5. The third kappa shape index (κ3) is 13.3. The van der Waals surface area contributed by atoms with E-state index in [1.165, 1.54) is 4.90 Å². The molecule has 2 bridgehead atoms. The normalized spacial score (nSPS) is 39.5. The number of hydrogen-bond donors (Lipinski definition) is 2. The summed E-state index contributed by atoms with van der Waals surface area (Å²) < 4.78 is 36.0. The Morgan fingerprint density at radius 2 is 1.58 bits per heavy atom. The van der Waals surface area contributed by atoms with Gasteiger partial charge in [-0.25, -0.2) is 4.79 Å². The van der Waals surface area contributed by atoms with Gasteiger partial charge in [0.25, 0.3) is 11.7 Å². The molecule has 0 aromatic carbocycles. The molecular formula is C53H81NO13. The van der Waals surface area contributed by atoms with Gasteiger partial charge in [-0.3, -0.25) is 19.2 Å². The number of rotatable bonds is 9. The van der Waals surface area contributed by atoms with Gasteiger partial charge in [0.05, 0.1) is 37.6 Å². The Morgan fingerprint density at radius 3 is 2.25 bits per heavy atom. The average Bonchev–Trinajstić information content (AvgIpc) is 3.31. The van der Waals surface area contributed by atoms with Gasteiger partial charge in [-0.05, 0) is 101 Å². The van der Waals surface area contributed by atoms with E-state index < -0.39 is 65.7 Å². The molecule has 5 rings (SSSR count). The maximum Gasteiger partial charge on any atom is 0.329 e. The summed E-state index contributed by atoms with van der Waals surface area (Å²) in [5.41, 5.74) is 2.75. The third-order valence-electron chi connectivity index (χ3n) is 15.7. The number of methoxy groups -OCH3 is 3. The zero-order valence-electron chi connectivity index (χ0n) is 41.9. The molecule has 14 nitrogen and oxygen atoms in total. The molecule has 4 fully saturated rings. The molecule has 14 heteroatoms. The fourth-order valence-electron chi connectivity index (χ4n) is 11.1. The molecule has 2 saturated heterocycles. The van der Waals surface area contributed by atoms with Crippen LogP contribution in [-0.4, -0.2) is 134 Å². The SMILES string of the molecule is CO[C@H]1C[C@@H]2CC[C@@H](C)[C@@](O)(O2)C(=O)C(=O)N2CCCC[C@H]2C(=O)OC([C@H](C)C[C@@H]2CC[C@@H](OCCO)[C@H](OC)C2)CC(=O)[C@H](C)/C=C(\C)[C@@H](C)[C@@H](OC)C(=O)[C@H]2C[C@H](C)/C2=C/C=C/C=C1C. The van der Waals surface area contributed by atoms with E-state index in [4.69, 9.17) is 28.4 Å². The van der Waals surface area contributed by atoms with Gasteiger partial charge in [0.15, 0.2) is 5.78 Å². The van der Waals surface area contributed by atoms with E-state index in [1.807, 2.05) is 65.0 Å². The maximum atomic E-state index is 14.5. The number of aliphatic hydroxyl groups is 2. The summed E-state index contributed by atoms with van der Waals surface area (Å²) >= 11 is 0. The van der Waals surface area contributed by atoms with Crippen LogP contribution in [0, 0.1) is 41.4 Å². The summed E-state index contributed by atoms with van der Waals surface area (Å²) in [5, 5.41) is 21.3. The fourth-order valence-corrected chi connectivity index (χ4v) is 11.1. The highest BCUT2D eigenvalue weighted by atomic mass is 16.6. The van der Waals surface area contributed by atoms with Crippen LogP contribution < -0.4 is 0 Å². The maximum absolute atomic E-state index is 14.5. The number of amides is 1. The number of aliphatic hydroxyl groups excluding tert-OH is 1. The summed E-state index contributed by atoms with van der Waals surface area (Å²) in [6.45, 7) is 13.6. The first-order chi connectivity index (χ1) is 31.9. The zero-order valence-corrected chi connectivity index (χ0v) is 41.9. The number of ether oxygens (including phenoxy) is 6. The first-order valence-corrected chi connectivity index (χ1v) is 24.9. The topological polar surface area (TPSA) is 184 Å². The number of fused-ring (bicyclic) bond motifs is 4. The van der Waals surface area contributed by atoms with Gasteiger partial charge in [-0.15, -0.1) is 0 Å². The number of nitrogens with zero attached hydrogens (tertiary/aromatic N) is 1. The second-order valence-corrected chi connectivity index (χ2v) is 20.4. The van der Waals surface area contributed by atoms with Crippen LogP contribution in [0.15, 0.2) is 47.1 Å². The van der Waals surface area contributed by atoms with Crippen LogP contribution in [0.3, 0.4) is 0 Å². The van der Waals surface area contributed by atoms with Crippen LogP contribution in [0.25, 0.3) is 0 Å². The summed E-state index contributed by atoms with van der Waals surface area (Å²) in [7, 11) is 4.79. The molecule has 0 aromatic rings. The number of esters is 1. The van der Waals surface area contributed by atoms with E-state index in [9.17, 15) is 34.2 Å². The highest BCUT2D eigenvalue weighted by Gasteiger charge is 2.53. The van der Waals surface area contributed by atoms with Crippen LogP contribution in [0.4, 0.5) is 0 Å². The van der Waals surface area contributed by atoms with Crippen molar-refractivity contribution in [3.8, 4) is 0 Å². The Morgan fingerprint density at radius 1 is 0.851 bits per heavy atom. The molecule has 1 amide bonds. The lowest BCUT2D eigenvalue weighted by atomic mass is 9.66. The summed E-state index contributed by atoms with van der Waals surface area (Å²) in [6.07, 6.45) is 12.8. The Labute approximate surface area is 399 Å². The van der Waals surface area contributed by atoms with Crippen LogP contribution in [0.1, 0.15) is 126 Å². The first kappa shape index (κ1) is 54.6. The number of Topliss-reactive ketones (excluding diaryl/α,β-unsaturated/α-hetero) is 3. The standard InChI is InChI=1S/C53H81NO13/c1-31-15-11-12-16-40-33(3)27-41(40)48(57)49(64-10)37(7)32(2)25-34(4)43(56)30-46(35(5)26-38-19-21-44(65-24-23-55)47(28-38)63-9)66-52(60)42-17-13-14-22-54(42)51(59)50(58)53(61)36(6)18-20-39(67-53)29-45(31)62-8/h11-12,15-16,25,33-39,41-42,44-47,49,55,61H,13-14,17-24,26-30H2,1-10H3/b12-11+,31-15?,32-25+,40-16-/t33-,34+,35+,36+,37+,38-,39-,41-,42-,44+,45-,46?,47+,49+,53+/m0/s1. The molecule has 67 heavy (non-hydrogen) atoms. The molecule has 2 saturated carbocycles. The highest BCUT2D eigenvalue weighted by molar-refractivity contribution is 6.39. The van der Waals surface area contributed by atoms with Gasteiger partial charge >= 0.3 is 5.97 Å². The molecule has 376 valence electrons. The summed E-state index contributed by atoms with van der Waals surface area (Å²) in [4.78, 5) is 72.7. The Bertz CT molecular complexity index is 1860. The number of allylic oxidation sites excluding steroid dienone is 6. The number of piperidine rings is 1. The summed E-state index contributed by atoms with van der Waals surface area (Å²) in [5.74, 6) is -7.18. The molecule has 15 atom stereocenters. The van der Waals surface area contributed by atoms with Crippen LogP contribution in [0.2, 0.25) is 0 Å². The molecule has 3 heterocycles. The van der Waals surface area contributed by atoms with Crippen molar-refractivity contribution in [3.63, 3.8) is 0 Å². The van der Waals surface area contributed by atoms with Gasteiger partial charge in [0.1, 0.15) is 24.0 Å². The first-order valence-electron chi connectivity index (χ1n) is 24.9. The average molecular weight is 940 g/mol. The second-order valence-electron chi connectivity index (χ2n) is 20.4. The van der Waals surface area contributed by atoms with Crippen molar-refractivity contribution in [1.29, 1.82) is 0 Å². The van der Waals surface area contributed by atoms with Crippen molar-refractivity contribution >= 4 is 29.2 Å². The molecule has 0 aromatic heterocycles. The molecule has 2 N–H and O–H groups in total. The largest absolute Gasteiger partial charge is 0.460 e. The van der Waals surface area contributed by atoms with E-state index in [-0.39, 0.29) is 86.0 Å². The lowest BCUT2D eigenvalue weighted by Gasteiger charge is -2.42. The predicted octanol–water partition coefficient (Wildman–Crippen LogP) is 6.84. The van der Waals surface area contributed by atoms with Crippen molar-refractivity contribution in [2.75, 3.05) is 41.1 Å². The molecule has 2 aliphatic carbocycles. The Kier molecular flexibility index (Phi) is 20.3. The van der Waals surface area contributed by atoms with E-state index in [1.54, 1.807) is 28.3 Å². The van der Waals surface area contributed by atoms with E-state index in [0.717, 1.165) is 29.6 Å². The van der Waals surface area contributed by atoms with Crippen molar-refractivity contribution in [1.82, 2.24) is 4.90 Å². The lowest BCUT2D eigenvalue weighted by molar-refractivity contribution is -0.265. The van der Waals surface area contributed by atoms with Crippen molar-refractivity contribution in [3.05, 3.63) is 47.1 Å². The fraction of sp³-hybridized carbons (Fsp3) is 0.755. The van der Waals surface area contributed by atoms with Gasteiger partial charge in [0, 0.05) is 64.4 Å². The lowest BCUT2D eigenvalue weighted by Crippen LogP contribution is -2.61. The van der Waals surface area contributed by atoms with Crippen LogP contribution >= 0.6 is 0 Å². The number of cyclic esters (lactones) is 1. The second kappa shape index (κ2) is 25.0. The monoisotopic (exact) mass is 940 g/mol. The minimum absolute atomic E-state index is 0.00370. The van der Waals surface area contributed by atoms with Crippen LogP contribution in [-0.2, 0) is 52.4 Å². The van der Waals surface area contributed by atoms with E-state index in [2.05, 4.69) is 6.92 Å². The quantitative estimate of drug-likeness (QED) is 0.139. The smallest absolute Gasteiger partial charge is 0.329 e. The number of carbonyl (C=O) groups is 5. The zero-order chi connectivity index (χ0) is 49.2. The molecule has 1 unspecified atom stereocenters.